The van der Waals surface area contributed by atoms with E-state index in [0.29, 0.717) is 27.4 Å². The fourth-order valence-corrected chi connectivity index (χ4v) is 2.88. The number of nitrogens with zero attached hydrogens (tertiary/aromatic N) is 1. The normalized spacial score (nSPS) is 11.1. The lowest BCUT2D eigenvalue weighted by atomic mass is 10.0. The van der Waals surface area contributed by atoms with Crippen molar-refractivity contribution >= 4 is 40.5 Å². The summed E-state index contributed by atoms with van der Waals surface area (Å²) < 4.78 is 0. The number of anilines is 1. The molecular formula is C22H17ClN2O3. The molecule has 0 aliphatic heterocycles. The molecule has 28 heavy (non-hydrogen) atoms. The van der Waals surface area contributed by atoms with E-state index in [1.807, 2.05) is 43.3 Å². The highest BCUT2D eigenvalue weighted by molar-refractivity contribution is 6.32. The molecule has 1 amide bonds. The Morgan fingerprint density at radius 1 is 1.04 bits per heavy atom. The highest BCUT2D eigenvalue weighted by Crippen LogP contribution is 2.25. The predicted octanol–water partition coefficient (Wildman–Crippen LogP) is 5.74. The van der Waals surface area contributed by atoms with Crippen molar-refractivity contribution in [2.24, 2.45) is 0 Å². The van der Waals surface area contributed by atoms with Crippen molar-refractivity contribution in [3.05, 3.63) is 105 Å². The monoisotopic (exact) mass is 392 g/mol. The third-order valence-electron chi connectivity index (χ3n) is 4.17. The fraction of sp³-hybridized carbons (Fsp3) is 0.0455. The number of non-ortho nitro benzene ring substituents is 1. The van der Waals surface area contributed by atoms with E-state index >= 15 is 0 Å². The Bertz CT molecular complexity index is 1060. The second-order valence-electron chi connectivity index (χ2n) is 6.19. The van der Waals surface area contributed by atoms with Crippen LogP contribution in [0.15, 0.2) is 72.8 Å². The molecule has 1 N–H and O–H groups in total. The molecule has 0 saturated heterocycles. The summed E-state index contributed by atoms with van der Waals surface area (Å²) in [6.45, 7) is 1.87. The number of amides is 1. The molecule has 0 heterocycles. The van der Waals surface area contributed by atoms with Crippen molar-refractivity contribution in [2.75, 3.05) is 5.32 Å². The van der Waals surface area contributed by atoms with Crippen LogP contribution in [-0.2, 0) is 4.79 Å². The maximum atomic E-state index is 13.0. The number of rotatable bonds is 5. The van der Waals surface area contributed by atoms with Gasteiger partial charge in [0.2, 0.25) is 0 Å². The van der Waals surface area contributed by atoms with E-state index in [1.165, 1.54) is 12.1 Å². The second kappa shape index (κ2) is 8.50. The van der Waals surface area contributed by atoms with Gasteiger partial charge in [0.1, 0.15) is 0 Å². The van der Waals surface area contributed by atoms with Crippen LogP contribution in [0.5, 0.6) is 0 Å². The van der Waals surface area contributed by atoms with Crippen LogP contribution in [0.25, 0.3) is 11.6 Å². The number of benzene rings is 3. The molecule has 0 saturated carbocycles. The van der Waals surface area contributed by atoms with Crippen molar-refractivity contribution in [1.82, 2.24) is 0 Å². The van der Waals surface area contributed by atoms with Gasteiger partial charge in [0, 0.05) is 28.4 Å². The standard InChI is InChI=1S/C22H17ClN2O3/c1-15-10-11-18(23)14-21(15)24-22(26)20(17-7-3-2-4-8-17)13-16-6-5-9-19(12-16)25(27)28/h2-14H,1H3,(H,24,26)/b20-13+. The first kappa shape index (κ1) is 19.3. The number of carbonyl (C=O) groups is 1. The third-order valence-corrected chi connectivity index (χ3v) is 4.40. The maximum absolute atomic E-state index is 13.0. The first-order valence-electron chi connectivity index (χ1n) is 8.53. The number of carbonyl (C=O) groups excluding carboxylic acids is 1. The minimum atomic E-state index is -0.463. The maximum Gasteiger partial charge on any atom is 0.270 e. The van der Waals surface area contributed by atoms with Crippen molar-refractivity contribution in [3.8, 4) is 0 Å². The van der Waals surface area contributed by atoms with Crippen molar-refractivity contribution in [3.63, 3.8) is 0 Å². The van der Waals surface area contributed by atoms with Gasteiger partial charge >= 0.3 is 0 Å². The van der Waals surface area contributed by atoms with Gasteiger partial charge in [-0.2, -0.15) is 0 Å². The third kappa shape index (κ3) is 4.64. The topological polar surface area (TPSA) is 72.2 Å². The summed E-state index contributed by atoms with van der Waals surface area (Å²) in [6, 6.07) is 20.5. The van der Waals surface area contributed by atoms with Crippen LogP contribution in [0.4, 0.5) is 11.4 Å². The largest absolute Gasteiger partial charge is 0.322 e. The molecule has 3 rings (SSSR count). The number of nitrogens with one attached hydrogen (secondary N) is 1. The Morgan fingerprint density at radius 3 is 2.50 bits per heavy atom. The van der Waals surface area contributed by atoms with Crippen LogP contribution in [0.1, 0.15) is 16.7 Å². The minimum Gasteiger partial charge on any atom is -0.322 e. The molecule has 3 aromatic carbocycles. The van der Waals surface area contributed by atoms with E-state index < -0.39 is 4.92 Å². The molecule has 0 unspecified atom stereocenters. The first-order chi connectivity index (χ1) is 13.4. The van der Waals surface area contributed by atoms with E-state index in [2.05, 4.69) is 5.32 Å². The molecule has 0 aliphatic carbocycles. The average molecular weight is 393 g/mol. The van der Waals surface area contributed by atoms with Gasteiger partial charge in [0.15, 0.2) is 0 Å². The molecule has 140 valence electrons. The quantitative estimate of drug-likeness (QED) is 0.260. The van der Waals surface area contributed by atoms with Crippen LogP contribution < -0.4 is 5.32 Å². The molecule has 0 aliphatic rings. The van der Waals surface area contributed by atoms with E-state index in [1.54, 1.807) is 30.3 Å². The Morgan fingerprint density at radius 2 is 1.79 bits per heavy atom. The van der Waals surface area contributed by atoms with Crippen molar-refractivity contribution in [1.29, 1.82) is 0 Å². The van der Waals surface area contributed by atoms with E-state index in [4.69, 9.17) is 11.6 Å². The van der Waals surface area contributed by atoms with E-state index in [0.717, 1.165) is 5.56 Å². The summed E-state index contributed by atoms with van der Waals surface area (Å²) in [4.78, 5) is 23.6. The zero-order valence-electron chi connectivity index (χ0n) is 15.1. The molecule has 0 bridgehead atoms. The van der Waals surface area contributed by atoms with Gasteiger partial charge in [-0.15, -0.1) is 0 Å². The summed E-state index contributed by atoms with van der Waals surface area (Å²) in [5.41, 5.74) is 3.10. The lowest BCUT2D eigenvalue weighted by Crippen LogP contribution is -2.14. The molecule has 0 spiro atoms. The van der Waals surface area contributed by atoms with Gasteiger partial charge in [-0.25, -0.2) is 0 Å². The summed E-state index contributed by atoms with van der Waals surface area (Å²) in [5.74, 6) is -0.330. The van der Waals surface area contributed by atoms with Gasteiger partial charge in [-0.05, 0) is 41.8 Å². The zero-order chi connectivity index (χ0) is 20.1. The molecule has 0 radical (unpaired) electrons. The van der Waals surface area contributed by atoms with Crippen molar-refractivity contribution < 1.29 is 9.72 Å². The smallest absolute Gasteiger partial charge is 0.270 e. The highest BCUT2D eigenvalue weighted by atomic mass is 35.5. The predicted molar refractivity (Wildman–Crippen MR) is 112 cm³/mol. The fourth-order valence-electron chi connectivity index (χ4n) is 2.71. The van der Waals surface area contributed by atoms with Crippen LogP contribution in [0.2, 0.25) is 5.02 Å². The molecule has 0 aromatic heterocycles. The number of aryl methyl sites for hydroxylation is 1. The van der Waals surface area contributed by atoms with Gasteiger partial charge < -0.3 is 5.32 Å². The minimum absolute atomic E-state index is 0.0349. The number of hydrogen-bond donors (Lipinski definition) is 1. The van der Waals surface area contributed by atoms with E-state index in [-0.39, 0.29) is 11.6 Å². The molecule has 5 nitrogen and oxygen atoms in total. The number of hydrogen-bond acceptors (Lipinski definition) is 3. The van der Waals surface area contributed by atoms with Gasteiger partial charge in [-0.1, -0.05) is 60.1 Å². The van der Waals surface area contributed by atoms with Gasteiger partial charge in [0.05, 0.1) is 4.92 Å². The van der Waals surface area contributed by atoms with Crippen molar-refractivity contribution in [2.45, 2.75) is 6.92 Å². The Balaban J connectivity index is 2.02. The number of halogens is 1. The highest BCUT2D eigenvalue weighted by Gasteiger charge is 2.15. The zero-order valence-corrected chi connectivity index (χ0v) is 15.8. The number of nitro benzene ring substituents is 1. The average Bonchev–Trinajstić information content (AvgIpc) is 2.69. The summed E-state index contributed by atoms with van der Waals surface area (Å²) >= 11 is 6.04. The van der Waals surface area contributed by atoms with Gasteiger partial charge in [0.25, 0.3) is 11.6 Å². The van der Waals surface area contributed by atoms with Crippen LogP contribution in [0, 0.1) is 17.0 Å². The summed E-state index contributed by atoms with van der Waals surface area (Å²) in [5, 5.41) is 14.4. The Labute approximate surface area is 167 Å². The van der Waals surface area contributed by atoms with Crippen LogP contribution >= 0.6 is 11.6 Å². The first-order valence-corrected chi connectivity index (χ1v) is 8.91. The van der Waals surface area contributed by atoms with E-state index in [9.17, 15) is 14.9 Å². The Kier molecular flexibility index (Phi) is 5.87. The molecular weight excluding hydrogens is 376 g/mol. The summed E-state index contributed by atoms with van der Waals surface area (Å²) in [6.07, 6.45) is 1.64. The summed E-state index contributed by atoms with van der Waals surface area (Å²) in [7, 11) is 0. The number of nitro groups is 1. The second-order valence-corrected chi connectivity index (χ2v) is 6.63. The Hall–Kier alpha value is -3.44. The van der Waals surface area contributed by atoms with Gasteiger partial charge in [-0.3, -0.25) is 14.9 Å². The lowest BCUT2D eigenvalue weighted by molar-refractivity contribution is -0.384. The molecule has 0 fully saturated rings. The molecule has 6 heteroatoms. The molecule has 3 aromatic rings. The molecule has 0 atom stereocenters. The van der Waals surface area contributed by atoms with Crippen LogP contribution in [-0.4, -0.2) is 10.8 Å². The lowest BCUT2D eigenvalue weighted by Gasteiger charge is -2.12. The van der Waals surface area contributed by atoms with Crippen LogP contribution in [0.3, 0.4) is 0 Å². The SMILES string of the molecule is Cc1ccc(Cl)cc1NC(=O)/C(=C/c1cccc([N+](=O)[O-])c1)c1ccccc1.